The SMILES string of the molecule is CCn1cc(Cn2cc(NC(=O)c3cc4nc(-c5ccc(F)cc5)cc(C(F)(F)F)n4n3)cn2)cn1. The number of aromatic nitrogens is 7. The molecule has 1 N–H and O–H groups in total. The molecule has 9 nitrogen and oxygen atoms in total. The quantitative estimate of drug-likeness (QED) is 0.353. The van der Waals surface area contributed by atoms with Crippen molar-refractivity contribution in [1.29, 1.82) is 0 Å². The van der Waals surface area contributed by atoms with Crippen LogP contribution in [-0.2, 0) is 19.3 Å². The summed E-state index contributed by atoms with van der Waals surface area (Å²) in [5, 5.41) is 14.8. The molecule has 5 rings (SSSR count). The van der Waals surface area contributed by atoms with E-state index in [1.54, 1.807) is 21.8 Å². The number of fused-ring (bicyclic) bond motifs is 1. The third-order valence-electron chi connectivity index (χ3n) is 5.34. The third-order valence-corrected chi connectivity index (χ3v) is 5.34. The van der Waals surface area contributed by atoms with Gasteiger partial charge in [0.05, 0.1) is 30.3 Å². The van der Waals surface area contributed by atoms with Crippen LogP contribution in [0.5, 0.6) is 0 Å². The molecule has 4 heterocycles. The first-order chi connectivity index (χ1) is 17.2. The molecule has 0 saturated carbocycles. The summed E-state index contributed by atoms with van der Waals surface area (Å²) in [5.41, 5.74) is -0.0508. The Morgan fingerprint density at radius 1 is 1.03 bits per heavy atom. The van der Waals surface area contributed by atoms with E-state index in [9.17, 15) is 22.4 Å². The number of carbonyl (C=O) groups excluding carboxylic acids is 1. The molecule has 0 fully saturated rings. The first-order valence-corrected chi connectivity index (χ1v) is 10.8. The van der Waals surface area contributed by atoms with E-state index in [0.717, 1.165) is 36.4 Å². The number of nitrogens with zero attached hydrogens (tertiary/aromatic N) is 7. The molecule has 184 valence electrons. The fraction of sp³-hybridized carbons (Fsp3) is 0.174. The molecule has 0 atom stereocenters. The van der Waals surface area contributed by atoms with Crippen molar-refractivity contribution < 1.29 is 22.4 Å². The summed E-state index contributed by atoms with van der Waals surface area (Å²) >= 11 is 0. The topological polar surface area (TPSA) is 94.9 Å². The van der Waals surface area contributed by atoms with Crippen LogP contribution in [0.1, 0.15) is 28.7 Å². The molecule has 0 aliphatic carbocycles. The lowest BCUT2D eigenvalue weighted by molar-refractivity contribution is -0.142. The zero-order valence-electron chi connectivity index (χ0n) is 18.7. The molecule has 0 bridgehead atoms. The van der Waals surface area contributed by atoms with Crippen molar-refractivity contribution in [2.45, 2.75) is 26.2 Å². The number of benzene rings is 1. The van der Waals surface area contributed by atoms with Crippen molar-refractivity contribution in [1.82, 2.24) is 34.2 Å². The van der Waals surface area contributed by atoms with Crippen molar-refractivity contribution in [3.63, 3.8) is 0 Å². The van der Waals surface area contributed by atoms with Gasteiger partial charge in [-0.05, 0) is 37.3 Å². The highest BCUT2D eigenvalue weighted by Crippen LogP contribution is 2.32. The first kappa shape index (κ1) is 23.2. The predicted molar refractivity (Wildman–Crippen MR) is 121 cm³/mol. The molecule has 0 aliphatic heterocycles. The zero-order valence-corrected chi connectivity index (χ0v) is 18.7. The molecule has 0 aliphatic rings. The Bertz CT molecular complexity index is 1550. The van der Waals surface area contributed by atoms with E-state index in [-0.39, 0.29) is 22.6 Å². The molecular formula is C23H18F4N8O. The van der Waals surface area contributed by atoms with Crippen LogP contribution in [0.15, 0.2) is 61.2 Å². The molecule has 4 aromatic heterocycles. The molecule has 1 amide bonds. The average Bonchev–Trinajstić information content (AvgIpc) is 3.58. The number of rotatable bonds is 6. The van der Waals surface area contributed by atoms with Crippen molar-refractivity contribution in [3.8, 4) is 11.3 Å². The van der Waals surface area contributed by atoms with Crippen molar-refractivity contribution in [2.24, 2.45) is 0 Å². The van der Waals surface area contributed by atoms with Gasteiger partial charge in [0.1, 0.15) is 5.82 Å². The number of alkyl halides is 3. The van der Waals surface area contributed by atoms with Gasteiger partial charge in [0.15, 0.2) is 17.0 Å². The van der Waals surface area contributed by atoms with Crippen molar-refractivity contribution in [3.05, 3.63) is 84.0 Å². The van der Waals surface area contributed by atoms with Crippen LogP contribution in [0, 0.1) is 5.82 Å². The van der Waals surface area contributed by atoms with Gasteiger partial charge in [0, 0.05) is 36.1 Å². The highest BCUT2D eigenvalue weighted by Gasteiger charge is 2.35. The second-order valence-electron chi connectivity index (χ2n) is 7.92. The van der Waals surface area contributed by atoms with Crippen LogP contribution in [0.2, 0.25) is 0 Å². The molecule has 0 spiro atoms. The van der Waals surface area contributed by atoms with Gasteiger partial charge >= 0.3 is 6.18 Å². The second-order valence-corrected chi connectivity index (χ2v) is 7.92. The van der Waals surface area contributed by atoms with Gasteiger partial charge in [-0.3, -0.25) is 14.2 Å². The molecule has 0 unspecified atom stereocenters. The number of nitrogens with one attached hydrogen (secondary N) is 1. The van der Waals surface area contributed by atoms with E-state index in [0.29, 0.717) is 16.7 Å². The van der Waals surface area contributed by atoms with Gasteiger partial charge in [0.25, 0.3) is 5.91 Å². The Balaban J connectivity index is 1.41. The fourth-order valence-corrected chi connectivity index (χ4v) is 3.61. The minimum absolute atomic E-state index is 0.0330. The van der Waals surface area contributed by atoms with E-state index in [2.05, 4.69) is 25.6 Å². The Hall–Kier alpha value is -4.55. The lowest BCUT2D eigenvalue weighted by Crippen LogP contribution is -2.15. The van der Waals surface area contributed by atoms with Crippen LogP contribution in [0.25, 0.3) is 16.9 Å². The summed E-state index contributed by atoms with van der Waals surface area (Å²) < 4.78 is 58.5. The number of amides is 1. The Labute approximate surface area is 201 Å². The van der Waals surface area contributed by atoms with E-state index in [1.807, 2.05) is 13.1 Å². The smallest absolute Gasteiger partial charge is 0.318 e. The van der Waals surface area contributed by atoms with Crippen molar-refractivity contribution >= 4 is 17.2 Å². The minimum Gasteiger partial charge on any atom is -0.318 e. The number of hydrogen-bond donors (Lipinski definition) is 1. The number of carbonyl (C=O) groups is 1. The Morgan fingerprint density at radius 2 is 1.78 bits per heavy atom. The molecular weight excluding hydrogens is 480 g/mol. The monoisotopic (exact) mass is 498 g/mol. The summed E-state index contributed by atoms with van der Waals surface area (Å²) in [6.07, 6.45) is 1.82. The normalized spacial score (nSPS) is 11.8. The summed E-state index contributed by atoms with van der Waals surface area (Å²) in [7, 11) is 0. The lowest BCUT2D eigenvalue weighted by atomic mass is 10.1. The maximum absolute atomic E-state index is 13.8. The van der Waals surface area contributed by atoms with E-state index >= 15 is 0 Å². The zero-order chi connectivity index (χ0) is 25.4. The van der Waals surface area contributed by atoms with Gasteiger partial charge in [-0.2, -0.15) is 28.5 Å². The highest BCUT2D eigenvalue weighted by atomic mass is 19.4. The lowest BCUT2D eigenvalue weighted by Gasteiger charge is -2.11. The highest BCUT2D eigenvalue weighted by molar-refractivity contribution is 6.03. The number of anilines is 1. The number of hydrogen-bond acceptors (Lipinski definition) is 5. The van der Waals surface area contributed by atoms with E-state index in [1.165, 1.54) is 18.3 Å². The van der Waals surface area contributed by atoms with Crippen LogP contribution in [0.4, 0.5) is 23.2 Å². The van der Waals surface area contributed by atoms with E-state index in [4.69, 9.17) is 0 Å². The van der Waals surface area contributed by atoms with Crippen LogP contribution >= 0.6 is 0 Å². The van der Waals surface area contributed by atoms with E-state index < -0.39 is 23.6 Å². The van der Waals surface area contributed by atoms with Gasteiger partial charge in [-0.15, -0.1) is 0 Å². The molecule has 0 radical (unpaired) electrons. The van der Waals surface area contributed by atoms with Crippen LogP contribution < -0.4 is 5.32 Å². The maximum atomic E-state index is 13.8. The molecule has 5 aromatic rings. The molecule has 0 saturated heterocycles. The fourth-order valence-electron chi connectivity index (χ4n) is 3.61. The number of halogens is 4. The number of aryl methyl sites for hydroxylation is 1. The summed E-state index contributed by atoms with van der Waals surface area (Å²) in [6.45, 7) is 3.12. The Morgan fingerprint density at radius 3 is 2.47 bits per heavy atom. The minimum atomic E-state index is -4.78. The third kappa shape index (κ3) is 4.67. The van der Waals surface area contributed by atoms with Crippen molar-refractivity contribution in [2.75, 3.05) is 5.32 Å². The average molecular weight is 498 g/mol. The first-order valence-electron chi connectivity index (χ1n) is 10.8. The summed E-state index contributed by atoms with van der Waals surface area (Å²) in [6, 6.07) is 6.85. The standard InChI is InChI=1S/C23H18F4N8O/c1-2-33-11-14(9-28-33)12-34-13-17(10-29-34)30-22(36)19-8-21-31-18(15-3-5-16(24)6-4-15)7-20(23(25,26)27)35(21)32-19/h3-11,13H,2,12H2,1H3,(H,30,36). The van der Waals surface area contributed by atoms with Gasteiger partial charge < -0.3 is 5.32 Å². The maximum Gasteiger partial charge on any atom is 0.433 e. The van der Waals surface area contributed by atoms with Gasteiger partial charge in [-0.25, -0.2) is 13.9 Å². The van der Waals surface area contributed by atoms with Crippen LogP contribution in [-0.4, -0.2) is 40.1 Å². The summed E-state index contributed by atoms with van der Waals surface area (Å²) in [4.78, 5) is 17.0. The van der Waals surface area contributed by atoms with Gasteiger partial charge in [-0.1, -0.05) is 0 Å². The summed E-state index contributed by atoms with van der Waals surface area (Å²) in [5.74, 6) is -1.26. The molecule has 36 heavy (non-hydrogen) atoms. The largest absolute Gasteiger partial charge is 0.433 e. The van der Waals surface area contributed by atoms with Crippen LogP contribution in [0.3, 0.4) is 0 Å². The Kier molecular flexibility index (Phi) is 5.74. The molecule has 1 aromatic carbocycles. The van der Waals surface area contributed by atoms with Gasteiger partial charge in [0.2, 0.25) is 0 Å². The molecule has 13 heteroatoms. The predicted octanol–water partition coefficient (Wildman–Crippen LogP) is 4.27. The second kappa shape index (κ2) is 8.91.